The molecule has 1 amide bonds. The van der Waals surface area contributed by atoms with Crippen molar-refractivity contribution in [3.05, 3.63) is 84.0 Å². The van der Waals surface area contributed by atoms with Crippen LogP contribution in [0.15, 0.2) is 88.4 Å². The van der Waals surface area contributed by atoms with Crippen molar-refractivity contribution in [1.29, 1.82) is 0 Å². The van der Waals surface area contributed by atoms with Crippen molar-refractivity contribution in [3.8, 4) is 0 Å². The first-order valence-corrected chi connectivity index (χ1v) is 13.9. The van der Waals surface area contributed by atoms with Crippen LogP contribution in [0, 0.1) is 5.41 Å². The normalized spacial score (nSPS) is 20.8. The minimum absolute atomic E-state index is 0.0622. The summed E-state index contributed by atoms with van der Waals surface area (Å²) in [4.78, 5) is 12.9. The summed E-state index contributed by atoms with van der Waals surface area (Å²) in [6.45, 7) is 1.93. The molecular formula is C26H29F3N3O3PS. The molecule has 3 rings (SSSR count). The molecule has 1 N–H and O–H groups in total. The van der Waals surface area contributed by atoms with Gasteiger partial charge in [-0.25, -0.2) is 21.6 Å². The zero-order valence-electron chi connectivity index (χ0n) is 20.7. The number of rotatable bonds is 9. The smallest absolute Gasteiger partial charge is 0.281 e. The number of carbonyl (C=O) groups excluding carboxylic acids is 1. The molecule has 2 aromatic carbocycles. The molecule has 2 aromatic rings. The summed E-state index contributed by atoms with van der Waals surface area (Å²) in [6.07, 6.45) is 5.31. The van der Waals surface area contributed by atoms with Gasteiger partial charge >= 0.3 is 0 Å². The second-order valence-corrected chi connectivity index (χ2v) is 11.6. The van der Waals surface area contributed by atoms with Crippen LogP contribution in [-0.2, 0) is 14.6 Å². The van der Waals surface area contributed by atoms with E-state index in [2.05, 4.69) is 10.4 Å². The molecule has 0 aromatic heterocycles. The van der Waals surface area contributed by atoms with E-state index in [9.17, 15) is 17.6 Å². The maximum Gasteiger partial charge on any atom is 0.281 e. The monoisotopic (exact) mass is 551 g/mol. The Bertz CT molecular complexity index is 1320. The van der Waals surface area contributed by atoms with Crippen LogP contribution in [0.4, 0.5) is 18.9 Å². The Balaban J connectivity index is 2.13. The van der Waals surface area contributed by atoms with Gasteiger partial charge in [-0.2, -0.15) is 5.10 Å². The zero-order valence-corrected chi connectivity index (χ0v) is 22.6. The number of hydrogen-bond donors (Lipinski definition) is 1. The number of nitrogens with one attached hydrogen (secondary N) is 1. The van der Waals surface area contributed by atoms with Gasteiger partial charge in [-0.3, -0.25) is 9.80 Å². The van der Waals surface area contributed by atoms with Crippen LogP contribution in [0.5, 0.6) is 0 Å². The molecule has 3 atom stereocenters. The largest absolute Gasteiger partial charge is 0.324 e. The molecule has 0 fully saturated rings. The summed E-state index contributed by atoms with van der Waals surface area (Å²) in [5.74, 6) is -0.549. The molecule has 0 spiro atoms. The Morgan fingerprint density at radius 2 is 1.81 bits per heavy atom. The van der Waals surface area contributed by atoms with Gasteiger partial charge in [0, 0.05) is 11.9 Å². The molecule has 3 unspecified atom stereocenters. The van der Waals surface area contributed by atoms with E-state index < -0.39 is 46.1 Å². The summed E-state index contributed by atoms with van der Waals surface area (Å²) < 4.78 is 67.5. The number of hydrogen-bond acceptors (Lipinski definition) is 5. The van der Waals surface area contributed by atoms with Crippen LogP contribution in [0.3, 0.4) is 0 Å². The van der Waals surface area contributed by atoms with Gasteiger partial charge in [-0.1, -0.05) is 57.8 Å². The van der Waals surface area contributed by atoms with Crippen molar-refractivity contribution in [2.24, 2.45) is 10.5 Å². The molecule has 0 radical (unpaired) electrons. The van der Waals surface area contributed by atoms with E-state index in [0.29, 0.717) is 16.8 Å². The molecule has 0 saturated heterocycles. The van der Waals surface area contributed by atoms with Crippen LogP contribution in [0.2, 0.25) is 0 Å². The number of amides is 1. The van der Waals surface area contributed by atoms with Crippen molar-refractivity contribution < 1.29 is 26.4 Å². The fraction of sp³-hybridized carbons (Fsp3) is 0.308. The van der Waals surface area contributed by atoms with Crippen molar-refractivity contribution in [2.75, 3.05) is 24.8 Å². The first-order chi connectivity index (χ1) is 17.3. The maximum absolute atomic E-state index is 15.3. The van der Waals surface area contributed by atoms with E-state index in [1.807, 2.05) is 0 Å². The summed E-state index contributed by atoms with van der Waals surface area (Å²) in [6, 6.07) is 12.7. The number of sulfone groups is 1. The van der Waals surface area contributed by atoms with Crippen molar-refractivity contribution in [1.82, 2.24) is 5.01 Å². The average Bonchev–Trinajstić information content (AvgIpc) is 3.12. The lowest BCUT2D eigenvalue weighted by Crippen LogP contribution is -2.53. The lowest BCUT2D eigenvalue weighted by molar-refractivity contribution is -0.119. The molecule has 1 aliphatic heterocycles. The third-order valence-corrected chi connectivity index (χ3v) is 7.59. The molecule has 0 bridgehead atoms. The molecule has 198 valence electrons. The third kappa shape index (κ3) is 6.30. The second kappa shape index (κ2) is 11.2. The van der Waals surface area contributed by atoms with Crippen molar-refractivity contribution in [3.63, 3.8) is 0 Å². The number of benzene rings is 2. The van der Waals surface area contributed by atoms with Crippen molar-refractivity contribution in [2.45, 2.75) is 30.4 Å². The van der Waals surface area contributed by atoms with Gasteiger partial charge in [0.05, 0.1) is 16.0 Å². The fourth-order valence-electron chi connectivity index (χ4n) is 4.55. The lowest BCUT2D eigenvalue weighted by Gasteiger charge is -2.40. The van der Waals surface area contributed by atoms with Gasteiger partial charge in [0.2, 0.25) is 5.91 Å². The number of nitrogens with zero attached hydrogens (tertiary/aromatic N) is 2. The molecule has 0 aliphatic carbocycles. The number of alkyl halides is 3. The molecule has 6 nitrogen and oxygen atoms in total. The third-order valence-electron chi connectivity index (χ3n) is 6.15. The first kappa shape index (κ1) is 28.6. The number of hydrazone groups is 1. The molecular weight excluding hydrogens is 522 g/mol. The van der Waals surface area contributed by atoms with E-state index in [1.54, 1.807) is 50.3 Å². The standard InChI is InChI=1S/C26H29F3N3O3PS/c1-4-19(9-8-16-27)25(2)23(18-12-14-21(15-13-18)37(3,34)35)31-32(24(25)26(28,29)36)17-22(33)30-20-10-6-5-7-11-20/h4-15,24H,16-17,36H2,1-3H3,(H,30,33)/b9-8-,19-4+. The minimum atomic E-state index is -3.49. The average molecular weight is 552 g/mol. The number of para-hydroxylation sites is 1. The lowest BCUT2D eigenvalue weighted by atomic mass is 9.70. The minimum Gasteiger partial charge on any atom is -0.324 e. The summed E-state index contributed by atoms with van der Waals surface area (Å²) in [5.41, 5.74) is -3.45. The highest BCUT2D eigenvalue weighted by molar-refractivity contribution is 7.90. The van der Waals surface area contributed by atoms with Gasteiger partial charge in [-0.05, 0) is 49.2 Å². The predicted molar refractivity (Wildman–Crippen MR) is 143 cm³/mol. The van der Waals surface area contributed by atoms with Crippen molar-refractivity contribution >= 4 is 36.4 Å². The quantitative estimate of drug-likeness (QED) is 0.349. The Labute approximate surface area is 217 Å². The van der Waals surface area contributed by atoms with Crippen LogP contribution >= 0.6 is 9.24 Å². The zero-order chi connectivity index (χ0) is 27.4. The SMILES string of the molecule is C/C=C(\C=C/CF)C1(C)C(c2ccc(S(C)(=O)=O)cc2)=NN(CC(=O)Nc2ccccc2)C1C(F)(F)P. The first-order valence-electron chi connectivity index (χ1n) is 11.4. The number of allylic oxidation sites excluding steroid dienone is 3. The van der Waals surface area contributed by atoms with E-state index in [-0.39, 0.29) is 10.6 Å². The van der Waals surface area contributed by atoms with E-state index in [0.717, 1.165) is 11.3 Å². The number of carbonyl (C=O) groups is 1. The molecule has 1 aliphatic rings. The number of anilines is 1. The van der Waals surface area contributed by atoms with Crippen LogP contribution < -0.4 is 5.32 Å². The molecule has 0 saturated carbocycles. The van der Waals surface area contributed by atoms with Crippen LogP contribution in [0.1, 0.15) is 19.4 Å². The van der Waals surface area contributed by atoms with Gasteiger partial charge in [0.1, 0.15) is 19.3 Å². The Hall–Kier alpha value is -2.97. The van der Waals surface area contributed by atoms with Crippen LogP contribution in [0.25, 0.3) is 0 Å². The second-order valence-electron chi connectivity index (χ2n) is 8.84. The topological polar surface area (TPSA) is 78.8 Å². The summed E-state index contributed by atoms with van der Waals surface area (Å²) >= 11 is 0. The molecule has 1 heterocycles. The highest BCUT2D eigenvalue weighted by Crippen LogP contribution is 2.51. The summed E-state index contributed by atoms with van der Waals surface area (Å²) in [5, 5.41) is 8.21. The highest BCUT2D eigenvalue weighted by atomic mass is 32.2. The molecule has 37 heavy (non-hydrogen) atoms. The highest BCUT2D eigenvalue weighted by Gasteiger charge is 2.59. The van der Waals surface area contributed by atoms with Gasteiger partial charge in [0.25, 0.3) is 5.66 Å². The Kier molecular flexibility index (Phi) is 8.65. The van der Waals surface area contributed by atoms with E-state index in [4.69, 9.17) is 0 Å². The van der Waals surface area contributed by atoms with Gasteiger partial charge in [-0.15, -0.1) is 0 Å². The van der Waals surface area contributed by atoms with Gasteiger partial charge in [0.15, 0.2) is 9.84 Å². The number of halogens is 3. The summed E-state index contributed by atoms with van der Waals surface area (Å²) in [7, 11) is -1.95. The van der Waals surface area contributed by atoms with E-state index in [1.165, 1.54) is 45.7 Å². The van der Waals surface area contributed by atoms with Crippen LogP contribution in [-0.4, -0.2) is 56.2 Å². The fourth-order valence-corrected chi connectivity index (χ4v) is 5.69. The Morgan fingerprint density at radius 3 is 2.32 bits per heavy atom. The molecule has 11 heteroatoms. The predicted octanol–water partition coefficient (Wildman–Crippen LogP) is 5.06. The van der Waals surface area contributed by atoms with E-state index >= 15 is 8.78 Å². The Morgan fingerprint density at radius 1 is 1.19 bits per heavy atom. The maximum atomic E-state index is 15.3. The van der Waals surface area contributed by atoms with Gasteiger partial charge < -0.3 is 5.32 Å².